The Morgan fingerprint density at radius 1 is 1.17 bits per heavy atom. The normalized spacial score (nSPS) is 10.0. The summed E-state index contributed by atoms with van der Waals surface area (Å²) in [6.07, 6.45) is 0. The minimum absolute atomic E-state index is 0.0821. The van der Waals surface area contributed by atoms with Gasteiger partial charge in [-0.2, -0.15) is 0 Å². The Labute approximate surface area is 137 Å². The molecule has 1 amide bonds. The lowest BCUT2D eigenvalue weighted by Crippen LogP contribution is -2.20. The number of nitrogens with one attached hydrogen (secondary N) is 1. The van der Waals surface area contributed by atoms with Gasteiger partial charge in [-0.15, -0.1) is 0 Å². The fourth-order valence-corrected chi connectivity index (χ4v) is 1.89. The molecule has 0 atom stereocenters. The van der Waals surface area contributed by atoms with Crippen LogP contribution in [0.2, 0.25) is 5.02 Å². The van der Waals surface area contributed by atoms with Crippen molar-refractivity contribution >= 4 is 29.2 Å². The molecule has 7 heteroatoms. The number of esters is 1. The Kier molecular flexibility index (Phi) is 5.54. The van der Waals surface area contributed by atoms with E-state index in [9.17, 15) is 14.0 Å². The van der Waals surface area contributed by atoms with Gasteiger partial charge < -0.3 is 14.8 Å². The van der Waals surface area contributed by atoms with Crippen LogP contribution in [0.15, 0.2) is 42.5 Å². The molecule has 23 heavy (non-hydrogen) atoms. The van der Waals surface area contributed by atoms with E-state index < -0.39 is 17.7 Å². The molecule has 0 unspecified atom stereocenters. The molecule has 0 aliphatic carbocycles. The van der Waals surface area contributed by atoms with Crippen molar-refractivity contribution in [3.8, 4) is 5.75 Å². The topological polar surface area (TPSA) is 64.6 Å². The smallest absolute Gasteiger partial charge is 0.337 e. The third-order valence-corrected chi connectivity index (χ3v) is 3.14. The average molecular weight is 338 g/mol. The lowest BCUT2D eigenvalue weighted by molar-refractivity contribution is -0.118. The molecule has 0 heterocycles. The zero-order chi connectivity index (χ0) is 16.8. The summed E-state index contributed by atoms with van der Waals surface area (Å²) in [5.41, 5.74) is 0.881. The molecule has 2 rings (SSSR count). The number of carbonyl (C=O) groups excluding carboxylic acids is 2. The van der Waals surface area contributed by atoms with Gasteiger partial charge in [0.15, 0.2) is 6.61 Å². The van der Waals surface area contributed by atoms with Gasteiger partial charge in [-0.05, 0) is 36.4 Å². The summed E-state index contributed by atoms with van der Waals surface area (Å²) in [4.78, 5) is 23.1. The lowest BCUT2D eigenvalue weighted by atomic mass is 10.2. The summed E-state index contributed by atoms with van der Waals surface area (Å²) in [6.45, 7) is -0.263. The molecule has 0 saturated heterocycles. The Morgan fingerprint density at radius 3 is 2.48 bits per heavy atom. The van der Waals surface area contributed by atoms with Gasteiger partial charge in [0.1, 0.15) is 11.6 Å². The molecular weight excluding hydrogens is 325 g/mol. The van der Waals surface area contributed by atoms with Crippen molar-refractivity contribution in [1.82, 2.24) is 0 Å². The van der Waals surface area contributed by atoms with Gasteiger partial charge in [0, 0.05) is 11.8 Å². The number of anilines is 1. The predicted octanol–water partition coefficient (Wildman–Crippen LogP) is 3.28. The van der Waals surface area contributed by atoms with Crippen molar-refractivity contribution in [2.24, 2.45) is 0 Å². The van der Waals surface area contributed by atoms with E-state index in [4.69, 9.17) is 16.3 Å². The van der Waals surface area contributed by atoms with Crippen LogP contribution in [-0.2, 0) is 9.53 Å². The number of carbonyl (C=O) groups is 2. The van der Waals surface area contributed by atoms with Crippen LogP contribution in [0, 0.1) is 5.82 Å². The van der Waals surface area contributed by atoms with Gasteiger partial charge in [0.05, 0.1) is 17.7 Å². The van der Waals surface area contributed by atoms with Crippen LogP contribution in [0.5, 0.6) is 5.75 Å². The van der Waals surface area contributed by atoms with Gasteiger partial charge in [-0.25, -0.2) is 9.18 Å². The van der Waals surface area contributed by atoms with Crippen LogP contribution in [-0.4, -0.2) is 25.6 Å². The van der Waals surface area contributed by atoms with Gasteiger partial charge in [-0.3, -0.25) is 4.79 Å². The van der Waals surface area contributed by atoms with Crippen molar-refractivity contribution in [2.75, 3.05) is 19.0 Å². The molecule has 0 bridgehead atoms. The highest BCUT2D eigenvalue weighted by Crippen LogP contribution is 2.21. The Hall–Kier alpha value is -2.60. The number of halogens is 2. The number of hydrogen-bond acceptors (Lipinski definition) is 4. The molecule has 120 valence electrons. The second-order valence-corrected chi connectivity index (χ2v) is 4.89. The van der Waals surface area contributed by atoms with Crippen LogP contribution in [0.1, 0.15) is 10.4 Å². The Balaban J connectivity index is 1.89. The van der Waals surface area contributed by atoms with Gasteiger partial charge in [0.2, 0.25) is 0 Å². The predicted molar refractivity (Wildman–Crippen MR) is 83.3 cm³/mol. The maximum Gasteiger partial charge on any atom is 0.337 e. The minimum Gasteiger partial charge on any atom is -0.484 e. The first-order valence-electron chi connectivity index (χ1n) is 6.55. The van der Waals surface area contributed by atoms with Crippen molar-refractivity contribution in [3.05, 3.63) is 58.9 Å². The standard InChI is InChI=1S/C16H13ClFNO4/c1-22-16(21)10-2-4-11(5-3-10)19-15(20)9-23-12-6-7-14(18)13(17)8-12/h2-8H,9H2,1H3,(H,19,20). The first-order valence-corrected chi connectivity index (χ1v) is 6.93. The van der Waals surface area contributed by atoms with E-state index in [-0.39, 0.29) is 17.4 Å². The van der Waals surface area contributed by atoms with E-state index in [0.717, 1.165) is 6.07 Å². The lowest BCUT2D eigenvalue weighted by Gasteiger charge is -2.08. The molecule has 0 radical (unpaired) electrons. The number of benzene rings is 2. The summed E-state index contributed by atoms with van der Waals surface area (Å²) in [5, 5.41) is 2.52. The summed E-state index contributed by atoms with van der Waals surface area (Å²) in [5.74, 6) is -1.14. The summed E-state index contributed by atoms with van der Waals surface area (Å²) in [6, 6.07) is 10.0. The molecule has 1 N–H and O–H groups in total. The van der Waals surface area contributed by atoms with Crippen LogP contribution in [0.25, 0.3) is 0 Å². The molecule has 0 aromatic heterocycles. The van der Waals surface area contributed by atoms with Crippen LogP contribution in [0.4, 0.5) is 10.1 Å². The molecule has 0 aliphatic rings. The van der Waals surface area contributed by atoms with Crippen molar-refractivity contribution in [2.45, 2.75) is 0 Å². The average Bonchev–Trinajstić information content (AvgIpc) is 2.56. The Morgan fingerprint density at radius 2 is 1.87 bits per heavy atom. The van der Waals surface area contributed by atoms with Crippen molar-refractivity contribution in [3.63, 3.8) is 0 Å². The Bertz CT molecular complexity index is 719. The van der Waals surface area contributed by atoms with E-state index in [1.807, 2.05) is 0 Å². The highest BCUT2D eigenvalue weighted by Gasteiger charge is 2.08. The molecule has 2 aromatic rings. The largest absolute Gasteiger partial charge is 0.484 e. The molecule has 5 nitrogen and oxygen atoms in total. The van der Waals surface area contributed by atoms with E-state index in [2.05, 4.69) is 10.1 Å². The number of methoxy groups -OCH3 is 1. The summed E-state index contributed by atoms with van der Waals surface area (Å²) >= 11 is 5.62. The van der Waals surface area contributed by atoms with Crippen LogP contribution in [0.3, 0.4) is 0 Å². The molecule has 0 saturated carbocycles. The first-order chi connectivity index (χ1) is 11.0. The number of amides is 1. The van der Waals surface area contributed by atoms with Crippen molar-refractivity contribution < 1.29 is 23.5 Å². The third-order valence-electron chi connectivity index (χ3n) is 2.85. The van der Waals surface area contributed by atoms with Gasteiger partial charge in [-0.1, -0.05) is 11.6 Å². The second-order valence-electron chi connectivity index (χ2n) is 4.48. The SMILES string of the molecule is COC(=O)c1ccc(NC(=O)COc2ccc(F)c(Cl)c2)cc1. The van der Waals surface area contributed by atoms with E-state index in [0.29, 0.717) is 11.3 Å². The molecular formula is C16H13ClFNO4. The number of rotatable bonds is 5. The highest BCUT2D eigenvalue weighted by atomic mass is 35.5. The summed E-state index contributed by atoms with van der Waals surface area (Å²) < 4.78 is 22.8. The summed E-state index contributed by atoms with van der Waals surface area (Å²) in [7, 11) is 1.29. The zero-order valence-corrected chi connectivity index (χ0v) is 12.9. The zero-order valence-electron chi connectivity index (χ0n) is 12.1. The maximum atomic E-state index is 13.0. The quantitative estimate of drug-likeness (QED) is 0.850. The fourth-order valence-electron chi connectivity index (χ4n) is 1.72. The highest BCUT2D eigenvalue weighted by molar-refractivity contribution is 6.30. The monoisotopic (exact) mass is 337 g/mol. The fraction of sp³-hybridized carbons (Fsp3) is 0.125. The number of hydrogen-bond donors (Lipinski definition) is 1. The van der Waals surface area contributed by atoms with E-state index >= 15 is 0 Å². The van der Waals surface area contributed by atoms with Gasteiger partial charge >= 0.3 is 5.97 Å². The molecule has 0 spiro atoms. The van der Waals surface area contributed by atoms with E-state index in [1.54, 1.807) is 12.1 Å². The van der Waals surface area contributed by atoms with Crippen molar-refractivity contribution in [1.29, 1.82) is 0 Å². The third kappa shape index (κ3) is 4.69. The van der Waals surface area contributed by atoms with Gasteiger partial charge in [0.25, 0.3) is 5.91 Å². The second kappa shape index (κ2) is 7.60. The molecule has 2 aromatic carbocycles. The van der Waals surface area contributed by atoms with E-state index in [1.165, 1.54) is 31.4 Å². The minimum atomic E-state index is -0.561. The maximum absolute atomic E-state index is 13.0. The molecule has 0 aliphatic heterocycles. The first kappa shape index (κ1) is 16.8. The number of ether oxygens (including phenoxy) is 2. The van der Waals surface area contributed by atoms with Crippen LogP contribution < -0.4 is 10.1 Å². The van der Waals surface area contributed by atoms with Crippen LogP contribution >= 0.6 is 11.6 Å². The molecule has 0 fully saturated rings.